The lowest BCUT2D eigenvalue weighted by Gasteiger charge is -2.19. The van der Waals surface area contributed by atoms with Crippen molar-refractivity contribution in [2.24, 2.45) is 0 Å². The Morgan fingerprint density at radius 2 is 0.571 bits per heavy atom. The summed E-state index contributed by atoms with van der Waals surface area (Å²) in [5, 5.41) is 2.19. The average Bonchev–Trinajstić information content (AvgIpc) is 3.55. The molecule has 0 N–H and O–H groups in total. The van der Waals surface area contributed by atoms with Crippen LogP contribution in [0.5, 0.6) is 0 Å². The van der Waals surface area contributed by atoms with Gasteiger partial charge in [0.05, 0.1) is 0 Å². The minimum absolute atomic E-state index is 0.308. The van der Waals surface area contributed by atoms with Crippen LogP contribution >= 0.6 is 0 Å². The van der Waals surface area contributed by atoms with Crippen molar-refractivity contribution >= 4 is 10.8 Å². The second kappa shape index (κ2) is 13.4. The molecule has 0 heterocycles. The number of halogens is 4. The van der Waals surface area contributed by atoms with Crippen molar-refractivity contribution in [2.45, 2.75) is 0 Å². The zero-order valence-corrected chi connectivity index (χ0v) is 29.8. The lowest BCUT2D eigenvalue weighted by molar-refractivity contribution is 0.627. The SMILES string of the molecule is Fc1ccc(-c2cccc(-c3ccc(F)cc3)c2-c2ccc3c(c2)-c2cccc4c(-c5c(-c6ccc(F)cc6)cccc5-c5ccc(F)cc5)ccc-3c24)cc1. The van der Waals surface area contributed by atoms with Gasteiger partial charge in [-0.1, -0.05) is 127 Å². The van der Waals surface area contributed by atoms with E-state index in [0.29, 0.717) is 0 Å². The Morgan fingerprint density at radius 3 is 1.04 bits per heavy atom. The molecule has 0 unspecified atom stereocenters. The summed E-state index contributed by atoms with van der Waals surface area (Å²) in [6.45, 7) is 0. The number of hydrogen-bond donors (Lipinski definition) is 0. The minimum atomic E-state index is -0.308. The Morgan fingerprint density at radius 1 is 0.232 bits per heavy atom. The van der Waals surface area contributed by atoms with Gasteiger partial charge < -0.3 is 0 Å². The van der Waals surface area contributed by atoms with E-state index in [-0.39, 0.29) is 23.3 Å². The smallest absolute Gasteiger partial charge is 0.123 e. The van der Waals surface area contributed by atoms with E-state index < -0.39 is 0 Å². The van der Waals surface area contributed by atoms with E-state index in [1.54, 1.807) is 48.5 Å². The summed E-state index contributed by atoms with van der Waals surface area (Å²) < 4.78 is 56.6. The highest BCUT2D eigenvalue weighted by molar-refractivity contribution is 6.20. The third kappa shape index (κ3) is 5.61. The molecule has 56 heavy (non-hydrogen) atoms. The maximum Gasteiger partial charge on any atom is 0.123 e. The fraction of sp³-hybridized carbons (Fsp3) is 0. The Balaban J connectivity index is 1.19. The van der Waals surface area contributed by atoms with Gasteiger partial charge in [0, 0.05) is 0 Å². The highest BCUT2D eigenvalue weighted by Crippen LogP contribution is 2.53. The van der Waals surface area contributed by atoms with Crippen molar-refractivity contribution in [3.8, 4) is 89.0 Å². The predicted octanol–water partition coefficient (Wildman–Crippen LogP) is 15.0. The lowest BCUT2D eigenvalue weighted by atomic mass is 9.85. The van der Waals surface area contributed by atoms with Gasteiger partial charge in [0.2, 0.25) is 0 Å². The van der Waals surface area contributed by atoms with Gasteiger partial charge >= 0.3 is 0 Å². The Kier molecular flexibility index (Phi) is 8.00. The second-order valence-corrected chi connectivity index (χ2v) is 14.1. The molecule has 1 aliphatic rings. The highest BCUT2D eigenvalue weighted by Gasteiger charge is 2.26. The maximum atomic E-state index is 14.2. The van der Waals surface area contributed by atoms with E-state index in [0.717, 1.165) is 99.8 Å². The Hall–Kier alpha value is -7.04. The van der Waals surface area contributed by atoms with Crippen LogP contribution in [0.4, 0.5) is 17.6 Å². The van der Waals surface area contributed by atoms with Crippen molar-refractivity contribution in [1.82, 2.24) is 0 Å². The van der Waals surface area contributed by atoms with Crippen LogP contribution in [-0.4, -0.2) is 0 Å². The third-order valence-electron chi connectivity index (χ3n) is 10.9. The molecule has 9 aromatic rings. The van der Waals surface area contributed by atoms with Crippen molar-refractivity contribution in [1.29, 1.82) is 0 Å². The fourth-order valence-electron chi connectivity index (χ4n) is 8.42. The first kappa shape index (κ1) is 33.5. The molecular formula is C52H30F4. The van der Waals surface area contributed by atoms with Crippen LogP contribution in [0.25, 0.3) is 99.8 Å². The molecule has 266 valence electrons. The molecule has 4 heteroatoms. The monoisotopic (exact) mass is 730 g/mol. The molecule has 9 aromatic carbocycles. The number of fused-ring (bicyclic) bond motifs is 3. The summed E-state index contributed by atoms with van der Waals surface area (Å²) in [6, 6.07) is 55.5. The van der Waals surface area contributed by atoms with E-state index in [4.69, 9.17) is 0 Å². The molecule has 0 nitrogen and oxygen atoms in total. The molecular weight excluding hydrogens is 701 g/mol. The normalized spacial score (nSPS) is 11.6. The highest BCUT2D eigenvalue weighted by atomic mass is 19.1. The molecule has 0 amide bonds. The first-order valence-corrected chi connectivity index (χ1v) is 18.4. The quantitative estimate of drug-likeness (QED) is 0.149. The van der Waals surface area contributed by atoms with E-state index in [2.05, 4.69) is 60.7 Å². The fourth-order valence-corrected chi connectivity index (χ4v) is 8.42. The second-order valence-electron chi connectivity index (χ2n) is 14.1. The summed E-state index contributed by atoms with van der Waals surface area (Å²) >= 11 is 0. The number of hydrogen-bond acceptors (Lipinski definition) is 0. The first-order valence-electron chi connectivity index (χ1n) is 18.4. The molecule has 0 bridgehead atoms. The van der Waals surface area contributed by atoms with Gasteiger partial charge in [0.25, 0.3) is 0 Å². The zero-order valence-electron chi connectivity index (χ0n) is 29.8. The largest absolute Gasteiger partial charge is 0.207 e. The van der Waals surface area contributed by atoms with Crippen molar-refractivity contribution < 1.29 is 17.6 Å². The van der Waals surface area contributed by atoms with Gasteiger partial charge in [0.1, 0.15) is 23.3 Å². The minimum Gasteiger partial charge on any atom is -0.207 e. The lowest BCUT2D eigenvalue weighted by Crippen LogP contribution is -1.92. The molecule has 0 aromatic heterocycles. The Bertz CT molecular complexity index is 2830. The van der Waals surface area contributed by atoms with Crippen LogP contribution in [0.1, 0.15) is 0 Å². The molecule has 0 saturated heterocycles. The summed E-state index contributed by atoms with van der Waals surface area (Å²) in [6.07, 6.45) is 0. The summed E-state index contributed by atoms with van der Waals surface area (Å²) in [4.78, 5) is 0. The standard InChI is InChI=1S/C52H30F4/c53-36-19-10-31(11-20-36)40-4-1-5-41(32-12-21-37(54)22-13-32)50(40)35-18-27-44-47-28-29-48(45-8-3-9-46(52(45)47)49(44)30-35)51-42(33-14-23-38(55)24-15-33)6-2-7-43(51)34-16-25-39(56)26-17-34/h1-30H. The van der Waals surface area contributed by atoms with Gasteiger partial charge in [0.15, 0.2) is 0 Å². The van der Waals surface area contributed by atoms with E-state index in [1.807, 2.05) is 24.3 Å². The van der Waals surface area contributed by atoms with Crippen LogP contribution in [-0.2, 0) is 0 Å². The third-order valence-corrected chi connectivity index (χ3v) is 10.9. The molecule has 0 aliphatic heterocycles. The summed E-state index contributed by atoms with van der Waals surface area (Å²) in [5.41, 5.74) is 15.6. The molecule has 0 spiro atoms. The maximum absolute atomic E-state index is 14.2. The molecule has 0 fully saturated rings. The predicted molar refractivity (Wildman–Crippen MR) is 221 cm³/mol. The number of benzene rings is 9. The van der Waals surface area contributed by atoms with Gasteiger partial charge in [-0.15, -0.1) is 0 Å². The van der Waals surface area contributed by atoms with Gasteiger partial charge in [-0.2, -0.15) is 0 Å². The van der Waals surface area contributed by atoms with E-state index in [9.17, 15) is 17.6 Å². The van der Waals surface area contributed by atoms with Crippen LogP contribution in [0.15, 0.2) is 182 Å². The average molecular weight is 731 g/mol. The van der Waals surface area contributed by atoms with Crippen LogP contribution in [0.3, 0.4) is 0 Å². The summed E-state index contributed by atoms with van der Waals surface area (Å²) in [7, 11) is 0. The van der Waals surface area contributed by atoms with Gasteiger partial charge in [-0.3, -0.25) is 0 Å². The zero-order chi connectivity index (χ0) is 37.9. The molecule has 0 radical (unpaired) electrons. The Labute approximate surface area is 321 Å². The molecule has 0 atom stereocenters. The number of rotatable bonds is 6. The van der Waals surface area contributed by atoms with E-state index in [1.165, 1.54) is 48.5 Å². The van der Waals surface area contributed by atoms with Gasteiger partial charge in [-0.25, -0.2) is 17.6 Å². The van der Waals surface area contributed by atoms with Crippen molar-refractivity contribution in [2.75, 3.05) is 0 Å². The molecule has 1 aliphatic carbocycles. The first-order chi connectivity index (χ1) is 27.4. The van der Waals surface area contributed by atoms with E-state index >= 15 is 0 Å². The molecule has 0 saturated carbocycles. The van der Waals surface area contributed by atoms with Crippen LogP contribution < -0.4 is 0 Å². The van der Waals surface area contributed by atoms with Gasteiger partial charge in [-0.05, 0) is 154 Å². The van der Waals surface area contributed by atoms with Crippen LogP contribution in [0.2, 0.25) is 0 Å². The van der Waals surface area contributed by atoms with Crippen LogP contribution in [0, 0.1) is 23.3 Å². The van der Waals surface area contributed by atoms with Crippen molar-refractivity contribution in [3.05, 3.63) is 205 Å². The molecule has 10 rings (SSSR count). The topological polar surface area (TPSA) is 0 Å². The summed E-state index contributed by atoms with van der Waals surface area (Å²) in [5.74, 6) is -1.23. The van der Waals surface area contributed by atoms with Crippen molar-refractivity contribution in [3.63, 3.8) is 0 Å².